The van der Waals surface area contributed by atoms with Gasteiger partial charge in [0.15, 0.2) is 5.65 Å². The summed E-state index contributed by atoms with van der Waals surface area (Å²) < 4.78 is 5.19. The number of hydrogen-bond donors (Lipinski definition) is 1. The number of rotatable bonds is 9. The number of nitrogens with zero attached hydrogens (tertiary/aromatic N) is 3. The Morgan fingerprint density at radius 3 is 3.00 bits per heavy atom. The van der Waals surface area contributed by atoms with Gasteiger partial charge in [0.1, 0.15) is 16.9 Å². The summed E-state index contributed by atoms with van der Waals surface area (Å²) in [5.74, 6) is 1.38. The Bertz CT molecular complexity index is 600. The average Bonchev–Trinajstić information content (AvgIpc) is 2.95. The molecule has 0 aliphatic rings. The molecule has 0 atom stereocenters. The van der Waals surface area contributed by atoms with Crippen LogP contribution in [0.2, 0.25) is 0 Å². The van der Waals surface area contributed by atoms with Crippen LogP contribution in [0.5, 0.6) is 0 Å². The summed E-state index contributed by atoms with van der Waals surface area (Å²) in [5.41, 5.74) is 1.56. The summed E-state index contributed by atoms with van der Waals surface area (Å²) >= 11 is 1.65. The summed E-state index contributed by atoms with van der Waals surface area (Å²) in [5, 5.41) is 0.905. The first kappa shape index (κ1) is 16.7. The van der Waals surface area contributed by atoms with E-state index >= 15 is 0 Å². The molecule has 7 heteroatoms. The zero-order chi connectivity index (χ0) is 15.8. The maximum Gasteiger partial charge on any atom is 0.305 e. The van der Waals surface area contributed by atoms with Crippen molar-refractivity contribution in [2.75, 3.05) is 12.4 Å². The summed E-state index contributed by atoms with van der Waals surface area (Å²) in [7, 11) is 0. The molecule has 2 aromatic heterocycles. The summed E-state index contributed by atoms with van der Waals surface area (Å²) in [6, 6.07) is 0. The van der Waals surface area contributed by atoms with Crippen molar-refractivity contribution < 1.29 is 9.53 Å². The van der Waals surface area contributed by atoms with Crippen molar-refractivity contribution >= 4 is 28.9 Å². The third kappa shape index (κ3) is 5.29. The molecule has 2 aromatic rings. The van der Waals surface area contributed by atoms with Crippen molar-refractivity contribution in [3.63, 3.8) is 0 Å². The van der Waals surface area contributed by atoms with Gasteiger partial charge in [0.2, 0.25) is 0 Å². The van der Waals surface area contributed by atoms with Crippen molar-refractivity contribution in [1.82, 2.24) is 19.9 Å². The van der Waals surface area contributed by atoms with Crippen LogP contribution in [0.3, 0.4) is 0 Å². The first-order valence-electron chi connectivity index (χ1n) is 7.59. The minimum Gasteiger partial charge on any atom is -0.466 e. The number of nitrogens with one attached hydrogen (secondary N) is 1. The van der Waals surface area contributed by atoms with Crippen molar-refractivity contribution in [3.8, 4) is 0 Å². The number of fused-ring (bicyclic) bond motifs is 1. The molecule has 1 N–H and O–H groups in total. The quantitative estimate of drug-likeness (QED) is 0.330. The molecule has 120 valence electrons. The molecule has 0 amide bonds. The molecule has 22 heavy (non-hydrogen) atoms. The number of thioether (sulfide) groups is 1. The Balaban J connectivity index is 1.61. The molecule has 0 saturated heterocycles. The maximum absolute atomic E-state index is 11.5. The SMILES string of the molecule is CC(C)CCOC(=O)CCCCSc1ncnc2nc[nH]c12. The molecule has 0 saturated carbocycles. The van der Waals surface area contributed by atoms with Gasteiger partial charge in [-0.25, -0.2) is 15.0 Å². The molecule has 0 aliphatic carbocycles. The van der Waals surface area contributed by atoms with E-state index in [-0.39, 0.29) is 5.97 Å². The van der Waals surface area contributed by atoms with Crippen LogP contribution in [0, 0.1) is 5.92 Å². The monoisotopic (exact) mass is 322 g/mol. The molecular formula is C15H22N4O2S. The van der Waals surface area contributed by atoms with E-state index in [0.717, 1.165) is 35.6 Å². The largest absolute Gasteiger partial charge is 0.466 e. The minimum atomic E-state index is -0.0938. The second kappa shape index (κ2) is 8.73. The Hall–Kier alpha value is -1.63. The average molecular weight is 322 g/mol. The van der Waals surface area contributed by atoms with E-state index in [9.17, 15) is 4.79 Å². The van der Waals surface area contributed by atoms with Crippen LogP contribution in [0.1, 0.15) is 39.5 Å². The molecule has 0 spiro atoms. The van der Waals surface area contributed by atoms with E-state index in [4.69, 9.17) is 4.74 Å². The van der Waals surface area contributed by atoms with Gasteiger partial charge < -0.3 is 9.72 Å². The van der Waals surface area contributed by atoms with Crippen LogP contribution < -0.4 is 0 Å². The number of imidazole rings is 1. The Morgan fingerprint density at radius 2 is 2.18 bits per heavy atom. The standard InChI is InChI=1S/C15H22N4O2S/c1-11(2)6-7-21-12(20)5-3-4-8-22-15-13-14(17-9-16-13)18-10-19-15/h9-11H,3-8H2,1-2H3,(H,16,17,18,19). The molecule has 2 rings (SSSR count). The Kier molecular flexibility index (Phi) is 6.64. The van der Waals surface area contributed by atoms with Gasteiger partial charge in [-0.3, -0.25) is 4.79 Å². The zero-order valence-corrected chi connectivity index (χ0v) is 13.9. The first-order valence-corrected chi connectivity index (χ1v) is 8.58. The molecule has 0 unspecified atom stereocenters. The van der Waals surface area contributed by atoms with Crippen LogP contribution in [0.4, 0.5) is 0 Å². The third-order valence-electron chi connectivity index (χ3n) is 3.16. The number of carbonyl (C=O) groups is 1. The van der Waals surface area contributed by atoms with Crippen LogP contribution in [-0.2, 0) is 9.53 Å². The minimum absolute atomic E-state index is 0.0938. The number of esters is 1. The van der Waals surface area contributed by atoms with Crippen molar-refractivity contribution in [1.29, 1.82) is 0 Å². The molecule has 0 bridgehead atoms. The van der Waals surface area contributed by atoms with E-state index in [2.05, 4.69) is 33.8 Å². The number of carbonyl (C=O) groups excluding carboxylic acids is 1. The number of aromatic amines is 1. The van der Waals surface area contributed by atoms with Gasteiger partial charge in [0, 0.05) is 6.42 Å². The second-order valence-electron chi connectivity index (χ2n) is 5.49. The molecule has 6 nitrogen and oxygen atoms in total. The maximum atomic E-state index is 11.5. The van der Waals surface area contributed by atoms with Crippen molar-refractivity contribution in [2.24, 2.45) is 5.92 Å². The highest BCUT2D eigenvalue weighted by Crippen LogP contribution is 2.22. The van der Waals surface area contributed by atoms with Gasteiger partial charge in [0.05, 0.1) is 12.9 Å². The molecular weight excluding hydrogens is 300 g/mol. The molecule has 2 heterocycles. The lowest BCUT2D eigenvalue weighted by atomic mass is 10.1. The van der Waals surface area contributed by atoms with Gasteiger partial charge in [-0.1, -0.05) is 13.8 Å². The highest BCUT2D eigenvalue weighted by atomic mass is 32.2. The lowest BCUT2D eigenvalue weighted by Crippen LogP contribution is -2.07. The van der Waals surface area contributed by atoms with Crippen LogP contribution in [0.25, 0.3) is 11.2 Å². The van der Waals surface area contributed by atoms with Gasteiger partial charge >= 0.3 is 5.97 Å². The molecule has 0 fully saturated rings. The fraction of sp³-hybridized carbons (Fsp3) is 0.600. The van der Waals surface area contributed by atoms with Gasteiger partial charge in [-0.15, -0.1) is 11.8 Å². The topological polar surface area (TPSA) is 80.8 Å². The van der Waals surface area contributed by atoms with Gasteiger partial charge in [-0.2, -0.15) is 0 Å². The van der Waals surface area contributed by atoms with Crippen LogP contribution >= 0.6 is 11.8 Å². The number of H-pyrrole nitrogens is 1. The van der Waals surface area contributed by atoms with Crippen molar-refractivity contribution in [2.45, 2.75) is 44.6 Å². The van der Waals surface area contributed by atoms with Crippen molar-refractivity contribution in [3.05, 3.63) is 12.7 Å². The molecule has 0 radical (unpaired) electrons. The predicted molar refractivity (Wildman–Crippen MR) is 86.7 cm³/mol. The van der Waals surface area contributed by atoms with E-state index in [1.807, 2.05) is 0 Å². The van der Waals surface area contributed by atoms with E-state index in [1.165, 1.54) is 6.33 Å². The van der Waals surface area contributed by atoms with Gasteiger partial charge in [-0.05, 0) is 30.9 Å². The number of unbranched alkanes of at least 4 members (excludes halogenated alkanes) is 1. The number of hydrogen-bond acceptors (Lipinski definition) is 6. The summed E-state index contributed by atoms with van der Waals surface area (Å²) in [6.45, 7) is 4.77. The first-order chi connectivity index (χ1) is 10.7. The predicted octanol–water partition coefficient (Wildman–Crippen LogP) is 3.20. The molecule has 0 aliphatic heterocycles. The third-order valence-corrected chi connectivity index (χ3v) is 4.24. The van der Waals surface area contributed by atoms with E-state index in [0.29, 0.717) is 24.6 Å². The number of ether oxygens (including phenoxy) is 1. The lowest BCUT2D eigenvalue weighted by Gasteiger charge is -2.06. The Morgan fingerprint density at radius 1 is 1.32 bits per heavy atom. The highest BCUT2D eigenvalue weighted by Gasteiger charge is 2.07. The highest BCUT2D eigenvalue weighted by molar-refractivity contribution is 7.99. The fourth-order valence-corrected chi connectivity index (χ4v) is 2.83. The molecule has 0 aromatic carbocycles. The summed E-state index contributed by atoms with van der Waals surface area (Å²) in [6.07, 6.45) is 6.35. The van der Waals surface area contributed by atoms with Crippen LogP contribution in [-0.4, -0.2) is 38.3 Å². The van der Waals surface area contributed by atoms with E-state index in [1.54, 1.807) is 18.1 Å². The number of aromatic nitrogens is 4. The van der Waals surface area contributed by atoms with Gasteiger partial charge in [0.25, 0.3) is 0 Å². The zero-order valence-electron chi connectivity index (χ0n) is 13.0. The fourth-order valence-electron chi connectivity index (χ4n) is 1.87. The second-order valence-corrected chi connectivity index (χ2v) is 6.57. The van der Waals surface area contributed by atoms with E-state index < -0.39 is 0 Å². The Labute approximate surface area is 134 Å². The van der Waals surface area contributed by atoms with Crippen LogP contribution in [0.15, 0.2) is 17.7 Å². The summed E-state index contributed by atoms with van der Waals surface area (Å²) in [4.78, 5) is 27.0. The normalized spacial score (nSPS) is 11.2. The lowest BCUT2D eigenvalue weighted by molar-refractivity contribution is -0.144. The smallest absolute Gasteiger partial charge is 0.305 e.